The summed E-state index contributed by atoms with van der Waals surface area (Å²) in [7, 11) is 0. The molecule has 2 aromatic rings. The minimum atomic E-state index is -0.0721. The minimum absolute atomic E-state index is 0.0721. The van der Waals surface area contributed by atoms with Crippen molar-refractivity contribution >= 4 is 5.96 Å². The fraction of sp³-hybridized carbons (Fsp3) is 0.455. The fourth-order valence-corrected chi connectivity index (χ4v) is 3.00. The smallest absolute Gasteiger partial charge is 0.213 e. The van der Waals surface area contributed by atoms with E-state index >= 15 is 0 Å². The average Bonchev–Trinajstić information content (AvgIpc) is 3.59. The largest absolute Gasteiger partial charge is 0.486 e. The molecule has 7 heteroatoms. The molecule has 29 heavy (non-hydrogen) atoms. The third-order valence-electron chi connectivity index (χ3n) is 4.79. The van der Waals surface area contributed by atoms with Crippen molar-refractivity contribution in [1.29, 1.82) is 0 Å². The number of fused-ring (bicyclic) bond motifs is 1. The van der Waals surface area contributed by atoms with Gasteiger partial charge >= 0.3 is 0 Å². The van der Waals surface area contributed by atoms with Crippen molar-refractivity contribution in [3.63, 3.8) is 0 Å². The van der Waals surface area contributed by atoms with Crippen LogP contribution in [0, 0.1) is 5.92 Å². The van der Waals surface area contributed by atoms with Gasteiger partial charge in [-0.25, -0.2) is 9.98 Å². The van der Waals surface area contributed by atoms with Gasteiger partial charge in [0.2, 0.25) is 5.88 Å². The Labute approximate surface area is 171 Å². The van der Waals surface area contributed by atoms with Crippen LogP contribution < -0.4 is 24.8 Å². The zero-order valence-corrected chi connectivity index (χ0v) is 16.8. The van der Waals surface area contributed by atoms with Crippen molar-refractivity contribution in [3.8, 4) is 17.4 Å². The van der Waals surface area contributed by atoms with Crippen molar-refractivity contribution in [2.24, 2.45) is 10.9 Å². The van der Waals surface area contributed by atoms with Gasteiger partial charge in [0.1, 0.15) is 12.7 Å². The molecule has 7 nitrogen and oxygen atoms in total. The van der Waals surface area contributed by atoms with E-state index in [0.717, 1.165) is 36.2 Å². The number of hydrogen-bond acceptors (Lipinski definition) is 5. The molecular weight excluding hydrogens is 368 g/mol. The molecule has 1 aliphatic heterocycles. The van der Waals surface area contributed by atoms with Crippen molar-refractivity contribution < 1.29 is 14.2 Å². The van der Waals surface area contributed by atoms with E-state index in [1.54, 1.807) is 6.20 Å². The Morgan fingerprint density at radius 2 is 2.07 bits per heavy atom. The summed E-state index contributed by atoms with van der Waals surface area (Å²) >= 11 is 0. The van der Waals surface area contributed by atoms with Crippen molar-refractivity contribution in [2.75, 3.05) is 26.3 Å². The molecule has 0 saturated heterocycles. The van der Waals surface area contributed by atoms with Gasteiger partial charge < -0.3 is 24.8 Å². The minimum Gasteiger partial charge on any atom is -0.486 e. The second-order valence-corrected chi connectivity index (χ2v) is 7.33. The third-order valence-corrected chi connectivity index (χ3v) is 4.79. The van der Waals surface area contributed by atoms with Gasteiger partial charge in [0.25, 0.3) is 0 Å². The topological polar surface area (TPSA) is 77.0 Å². The number of guanidine groups is 1. The lowest BCUT2D eigenvalue weighted by Crippen LogP contribution is -2.45. The number of nitrogens with zero attached hydrogens (tertiary/aromatic N) is 2. The Hall–Kier alpha value is -2.96. The summed E-state index contributed by atoms with van der Waals surface area (Å²) in [5.41, 5.74) is 1.06. The molecule has 0 bridgehead atoms. The number of rotatable bonds is 8. The first-order valence-corrected chi connectivity index (χ1v) is 10.3. The highest BCUT2D eigenvalue weighted by Gasteiger charge is 2.22. The third kappa shape index (κ3) is 5.76. The van der Waals surface area contributed by atoms with E-state index in [2.05, 4.69) is 20.6 Å². The Morgan fingerprint density at radius 3 is 2.90 bits per heavy atom. The van der Waals surface area contributed by atoms with Gasteiger partial charge in [0, 0.05) is 18.8 Å². The normalized spacial score (nSPS) is 18.2. The molecule has 1 aromatic heterocycles. The average molecular weight is 396 g/mol. The second-order valence-electron chi connectivity index (χ2n) is 7.33. The zero-order valence-electron chi connectivity index (χ0n) is 16.8. The lowest BCUT2D eigenvalue weighted by molar-refractivity contribution is 0.0936. The van der Waals surface area contributed by atoms with Gasteiger partial charge in [-0.2, -0.15) is 0 Å². The number of aromatic nitrogens is 1. The Balaban J connectivity index is 1.30. The van der Waals surface area contributed by atoms with Gasteiger partial charge in [-0.1, -0.05) is 12.1 Å². The van der Waals surface area contributed by atoms with Crippen LogP contribution in [0.2, 0.25) is 0 Å². The molecule has 1 unspecified atom stereocenters. The maximum atomic E-state index is 6.00. The van der Waals surface area contributed by atoms with Crippen LogP contribution in [0.1, 0.15) is 25.3 Å². The molecule has 154 valence electrons. The standard InChI is InChI=1S/C22H28N4O3/c1-2-23-22(26-13-18-15-27-19-5-3-4-6-20(19)29-18)25-12-17-9-10-24-21(11-17)28-14-16-7-8-16/h3-6,9-11,16,18H,2,7-8,12-15H2,1H3,(H2,23,25,26). The van der Waals surface area contributed by atoms with Crippen molar-refractivity contribution in [3.05, 3.63) is 48.2 Å². The van der Waals surface area contributed by atoms with Gasteiger partial charge in [-0.05, 0) is 49.4 Å². The molecule has 1 fully saturated rings. The molecule has 0 radical (unpaired) electrons. The van der Waals surface area contributed by atoms with Crippen LogP contribution >= 0.6 is 0 Å². The molecule has 1 saturated carbocycles. The van der Waals surface area contributed by atoms with Crippen LogP contribution in [0.3, 0.4) is 0 Å². The molecule has 1 aromatic carbocycles. The molecule has 2 N–H and O–H groups in total. The second kappa shape index (κ2) is 9.49. The van der Waals surface area contributed by atoms with E-state index in [9.17, 15) is 0 Å². The van der Waals surface area contributed by atoms with Crippen LogP contribution in [0.15, 0.2) is 47.6 Å². The van der Waals surface area contributed by atoms with Crippen LogP contribution in [0.25, 0.3) is 0 Å². The maximum absolute atomic E-state index is 6.00. The van der Waals surface area contributed by atoms with E-state index < -0.39 is 0 Å². The summed E-state index contributed by atoms with van der Waals surface area (Å²) in [6.07, 6.45) is 4.24. The molecule has 2 aliphatic rings. The number of pyridine rings is 1. The Bertz CT molecular complexity index is 838. The molecule has 2 heterocycles. The lowest BCUT2D eigenvalue weighted by Gasteiger charge is -2.27. The van der Waals surface area contributed by atoms with E-state index in [1.165, 1.54) is 12.8 Å². The Kier molecular flexibility index (Phi) is 6.34. The van der Waals surface area contributed by atoms with E-state index in [1.807, 2.05) is 43.3 Å². The van der Waals surface area contributed by atoms with Crippen molar-refractivity contribution in [2.45, 2.75) is 32.4 Å². The predicted octanol–water partition coefficient (Wildman–Crippen LogP) is 2.77. The van der Waals surface area contributed by atoms with Crippen LogP contribution in [-0.4, -0.2) is 43.4 Å². The first-order valence-electron chi connectivity index (χ1n) is 10.3. The first-order chi connectivity index (χ1) is 14.3. The van der Waals surface area contributed by atoms with E-state index in [0.29, 0.717) is 31.5 Å². The molecule has 1 aliphatic carbocycles. The van der Waals surface area contributed by atoms with E-state index in [-0.39, 0.29) is 6.10 Å². The van der Waals surface area contributed by atoms with Crippen molar-refractivity contribution in [1.82, 2.24) is 15.6 Å². The summed E-state index contributed by atoms with van der Waals surface area (Å²) in [6.45, 7) is 5.24. The quantitative estimate of drug-likeness (QED) is 0.528. The highest BCUT2D eigenvalue weighted by atomic mass is 16.6. The predicted molar refractivity (Wildman–Crippen MR) is 112 cm³/mol. The number of para-hydroxylation sites is 2. The van der Waals surface area contributed by atoms with Crippen LogP contribution in [0.4, 0.5) is 0 Å². The monoisotopic (exact) mass is 396 g/mol. The van der Waals surface area contributed by atoms with E-state index in [4.69, 9.17) is 14.2 Å². The van der Waals surface area contributed by atoms with Gasteiger partial charge in [0.05, 0.1) is 19.7 Å². The highest BCUT2D eigenvalue weighted by molar-refractivity contribution is 5.79. The Morgan fingerprint density at radius 1 is 1.21 bits per heavy atom. The SMILES string of the molecule is CCNC(=NCc1ccnc(OCC2CC2)c1)NCC1COc2ccccc2O1. The van der Waals surface area contributed by atoms with Crippen LogP contribution in [-0.2, 0) is 6.54 Å². The van der Waals surface area contributed by atoms with Crippen LogP contribution in [0.5, 0.6) is 17.4 Å². The maximum Gasteiger partial charge on any atom is 0.213 e. The summed E-state index contributed by atoms with van der Waals surface area (Å²) in [5, 5.41) is 6.61. The number of benzene rings is 1. The number of ether oxygens (including phenoxy) is 3. The van der Waals surface area contributed by atoms with Gasteiger partial charge in [-0.15, -0.1) is 0 Å². The number of aliphatic imine (C=N–C) groups is 1. The first kappa shape index (κ1) is 19.4. The number of nitrogens with one attached hydrogen (secondary N) is 2. The summed E-state index contributed by atoms with van der Waals surface area (Å²) in [4.78, 5) is 8.96. The molecular formula is C22H28N4O3. The fourth-order valence-electron chi connectivity index (χ4n) is 3.00. The summed E-state index contributed by atoms with van der Waals surface area (Å²) in [5.74, 6) is 3.70. The van der Waals surface area contributed by atoms with Gasteiger partial charge in [-0.3, -0.25) is 0 Å². The highest BCUT2D eigenvalue weighted by Crippen LogP contribution is 2.30. The summed E-state index contributed by atoms with van der Waals surface area (Å²) in [6, 6.07) is 11.7. The lowest BCUT2D eigenvalue weighted by atomic mass is 10.2. The molecule has 0 spiro atoms. The molecule has 4 rings (SSSR count). The molecule has 0 amide bonds. The number of hydrogen-bond donors (Lipinski definition) is 2. The zero-order chi connectivity index (χ0) is 19.9. The molecule has 1 atom stereocenters. The van der Waals surface area contributed by atoms with Gasteiger partial charge in [0.15, 0.2) is 17.5 Å². The summed E-state index contributed by atoms with van der Waals surface area (Å²) < 4.78 is 17.5.